The number of nitrogens with zero attached hydrogens (tertiary/aromatic N) is 1. The first-order chi connectivity index (χ1) is 12.1. The largest absolute Gasteiger partial charge is 0.493 e. The van der Waals surface area contributed by atoms with Crippen LogP contribution in [0.3, 0.4) is 0 Å². The van der Waals surface area contributed by atoms with Gasteiger partial charge in [-0.1, -0.05) is 0 Å². The number of methoxy groups -OCH3 is 2. The Morgan fingerprint density at radius 3 is 2.32 bits per heavy atom. The molecule has 1 amide bonds. The fourth-order valence-electron chi connectivity index (χ4n) is 3.88. The Balaban J connectivity index is 1.66. The topological polar surface area (TPSA) is 65.1 Å². The van der Waals surface area contributed by atoms with Gasteiger partial charge in [0, 0.05) is 24.9 Å². The van der Waals surface area contributed by atoms with Crippen molar-refractivity contribution < 1.29 is 23.8 Å². The number of benzene rings is 1. The Morgan fingerprint density at radius 2 is 1.76 bits per heavy atom. The van der Waals surface area contributed by atoms with Gasteiger partial charge in [-0.05, 0) is 31.0 Å². The van der Waals surface area contributed by atoms with Crippen LogP contribution in [0.5, 0.6) is 11.5 Å². The van der Waals surface area contributed by atoms with Gasteiger partial charge in [0.1, 0.15) is 12.0 Å². The van der Waals surface area contributed by atoms with E-state index in [1.165, 1.54) is 7.11 Å². The summed E-state index contributed by atoms with van der Waals surface area (Å²) in [6, 6.07) is 5.19. The van der Waals surface area contributed by atoms with Crippen LogP contribution >= 0.6 is 11.6 Å². The molecule has 7 heteroatoms. The number of halogens is 1. The minimum absolute atomic E-state index is 0.00307. The average molecular weight is 368 g/mol. The second kappa shape index (κ2) is 7.52. The van der Waals surface area contributed by atoms with Gasteiger partial charge in [-0.15, -0.1) is 11.6 Å². The Morgan fingerprint density at radius 1 is 1.12 bits per heavy atom. The van der Waals surface area contributed by atoms with E-state index < -0.39 is 0 Å². The summed E-state index contributed by atoms with van der Waals surface area (Å²) in [5.41, 5.74) is 0.421. The number of piperidine rings is 1. The lowest BCUT2D eigenvalue weighted by atomic mass is 9.99. The first-order valence-corrected chi connectivity index (χ1v) is 8.91. The fourth-order valence-corrected chi connectivity index (χ4v) is 4.02. The molecule has 25 heavy (non-hydrogen) atoms. The summed E-state index contributed by atoms with van der Waals surface area (Å²) in [6.07, 6.45) is 3.03. The monoisotopic (exact) mass is 367 g/mol. The van der Waals surface area contributed by atoms with E-state index in [9.17, 15) is 9.59 Å². The number of alkyl halides is 1. The van der Waals surface area contributed by atoms with Crippen LogP contribution in [0.4, 0.5) is 0 Å². The molecule has 0 aliphatic carbocycles. The summed E-state index contributed by atoms with van der Waals surface area (Å²) in [5, 5.41) is 0. The van der Waals surface area contributed by atoms with Crippen molar-refractivity contribution in [3.05, 3.63) is 23.8 Å². The molecule has 1 aromatic carbocycles. The molecule has 2 bridgehead atoms. The summed E-state index contributed by atoms with van der Waals surface area (Å²) in [6.45, 7) is 0. The fraction of sp³-hybridized carbons (Fsp3) is 0.556. The molecule has 2 saturated heterocycles. The zero-order valence-electron chi connectivity index (χ0n) is 14.4. The Bertz CT molecular complexity index is 651. The van der Waals surface area contributed by atoms with E-state index in [2.05, 4.69) is 0 Å². The third-order valence-corrected chi connectivity index (χ3v) is 5.21. The number of rotatable bonds is 5. The molecule has 3 atom stereocenters. The summed E-state index contributed by atoms with van der Waals surface area (Å²) in [5.74, 6) is 0.633. The highest BCUT2D eigenvalue weighted by Gasteiger charge is 2.44. The van der Waals surface area contributed by atoms with Crippen LogP contribution in [-0.4, -0.2) is 55.1 Å². The van der Waals surface area contributed by atoms with Gasteiger partial charge >= 0.3 is 5.97 Å². The van der Waals surface area contributed by atoms with E-state index in [1.54, 1.807) is 25.3 Å². The van der Waals surface area contributed by atoms with Crippen LogP contribution in [0.15, 0.2) is 18.2 Å². The normalized spacial score (nSPS) is 24.8. The number of carbonyl (C=O) groups excluding carboxylic acids is 2. The lowest BCUT2D eigenvalue weighted by molar-refractivity contribution is -0.134. The van der Waals surface area contributed by atoms with Crippen molar-refractivity contribution in [3.8, 4) is 11.5 Å². The second-order valence-corrected chi connectivity index (χ2v) is 6.66. The van der Waals surface area contributed by atoms with Crippen LogP contribution in [0.2, 0.25) is 0 Å². The summed E-state index contributed by atoms with van der Waals surface area (Å²) < 4.78 is 16.1. The van der Waals surface area contributed by atoms with Gasteiger partial charge in [0.25, 0.3) is 0 Å². The van der Waals surface area contributed by atoms with Gasteiger partial charge in [0.15, 0.2) is 11.5 Å². The van der Waals surface area contributed by atoms with Gasteiger partial charge in [-0.3, -0.25) is 4.79 Å². The molecular formula is C18H22ClNO5. The minimum atomic E-state index is -0.387. The molecule has 2 heterocycles. The molecule has 6 nitrogen and oxygen atoms in total. The number of esters is 1. The number of amides is 1. The molecule has 0 N–H and O–H groups in total. The summed E-state index contributed by atoms with van der Waals surface area (Å²) in [4.78, 5) is 26.3. The summed E-state index contributed by atoms with van der Waals surface area (Å²) in [7, 11) is 3.07. The van der Waals surface area contributed by atoms with Crippen LogP contribution in [0.1, 0.15) is 36.0 Å². The molecule has 0 radical (unpaired) electrons. The van der Waals surface area contributed by atoms with Crippen molar-refractivity contribution in [1.29, 1.82) is 0 Å². The molecule has 136 valence electrons. The van der Waals surface area contributed by atoms with E-state index in [1.807, 2.05) is 4.90 Å². The van der Waals surface area contributed by atoms with Crippen LogP contribution in [0, 0.1) is 0 Å². The smallest absolute Gasteiger partial charge is 0.338 e. The van der Waals surface area contributed by atoms with E-state index in [-0.39, 0.29) is 35.9 Å². The third-order valence-electron chi connectivity index (χ3n) is 4.99. The minimum Gasteiger partial charge on any atom is -0.493 e. The van der Waals surface area contributed by atoms with Gasteiger partial charge < -0.3 is 19.1 Å². The number of fused-ring (bicyclic) bond motifs is 2. The van der Waals surface area contributed by atoms with Gasteiger partial charge in [0.05, 0.1) is 19.8 Å². The highest BCUT2D eigenvalue weighted by Crippen LogP contribution is 2.37. The maximum Gasteiger partial charge on any atom is 0.338 e. The van der Waals surface area contributed by atoms with Crippen molar-refractivity contribution in [2.24, 2.45) is 0 Å². The lowest BCUT2D eigenvalue weighted by Gasteiger charge is -2.38. The SMILES string of the molecule is COc1ccc(C(=O)OC2C[C@H]3CC[C@@H](C2)N3C(=O)CCl)cc1OC. The number of hydrogen-bond acceptors (Lipinski definition) is 5. The average Bonchev–Trinajstić information content (AvgIpc) is 2.91. The molecular weight excluding hydrogens is 346 g/mol. The predicted octanol–water partition coefficient (Wildman–Crippen LogP) is 2.62. The molecule has 3 rings (SSSR count). The standard InChI is InChI=1S/C18H22ClNO5/c1-23-15-6-3-11(7-16(15)24-2)18(22)25-14-8-12-4-5-13(9-14)20(12)17(21)10-19/h3,6-7,12-14H,4-5,8-10H2,1-2H3/t12-,13+,14?. The van der Waals surface area contributed by atoms with E-state index in [4.69, 9.17) is 25.8 Å². The number of carbonyl (C=O) groups is 2. The Labute approximate surface area is 152 Å². The highest BCUT2D eigenvalue weighted by atomic mass is 35.5. The number of ether oxygens (including phenoxy) is 3. The van der Waals surface area contributed by atoms with Crippen molar-refractivity contribution in [2.75, 3.05) is 20.1 Å². The van der Waals surface area contributed by atoms with Crippen LogP contribution in [-0.2, 0) is 9.53 Å². The lowest BCUT2D eigenvalue weighted by Crippen LogP contribution is -2.49. The molecule has 1 aromatic rings. The predicted molar refractivity (Wildman–Crippen MR) is 92.4 cm³/mol. The molecule has 0 aromatic heterocycles. The maximum absolute atomic E-state index is 12.5. The van der Waals surface area contributed by atoms with Crippen molar-refractivity contribution in [1.82, 2.24) is 4.90 Å². The van der Waals surface area contributed by atoms with Gasteiger partial charge in [-0.25, -0.2) is 4.79 Å². The van der Waals surface area contributed by atoms with Gasteiger partial charge in [-0.2, -0.15) is 0 Å². The quantitative estimate of drug-likeness (QED) is 0.591. The maximum atomic E-state index is 12.5. The molecule has 2 aliphatic heterocycles. The van der Waals surface area contributed by atoms with E-state index in [0.717, 1.165) is 12.8 Å². The van der Waals surface area contributed by atoms with Gasteiger partial charge in [0.2, 0.25) is 5.91 Å². The molecule has 0 saturated carbocycles. The van der Waals surface area contributed by atoms with Crippen molar-refractivity contribution >= 4 is 23.5 Å². The van der Waals surface area contributed by atoms with Crippen molar-refractivity contribution in [3.63, 3.8) is 0 Å². The Hall–Kier alpha value is -1.95. The number of hydrogen-bond donors (Lipinski definition) is 0. The molecule has 2 fully saturated rings. The van der Waals surface area contributed by atoms with Crippen molar-refractivity contribution in [2.45, 2.75) is 43.9 Å². The highest BCUT2D eigenvalue weighted by molar-refractivity contribution is 6.27. The van der Waals surface area contributed by atoms with E-state index >= 15 is 0 Å². The zero-order chi connectivity index (χ0) is 18.0. The second-order valence-electron chi connectivity index (χ2n) is 6.39. The first kappa shape index (κ1) is 17.9. The van der Waals surface area contributed by atoms with E-state index in [0.29, 0.717) is 29.9 Å². The van der Waals surface area contributed by atoms with Crippen LogP contribution < -0.4 is 9.47 Å². The first-order valence-electron chi connectivity index (χ1n) is 8.37. The molecule has 0 spiro atoms. The van der Waals surface area contributed by atoms with Crippen LogP contribution in [0.25, 0.3) is 0 Å². The Kier molecular flexibility index (Phi) is 5.37. The molecule has 1 unspecified atom stereocenters. The molecule has 2 aliphatic rings. The third kappa shape index (κ3) is 3.54. The zero-order valence-corrected chi connectivity index (χ0v) is 15.1. The summed E-state index contributed by atoms with van der Waals surface area (Å²) >= 11 is 5.70.